The largest absolute Gasteiger partial charge is 0.481 e. The molecule has 12 heavy (non-hydrogen) atoms. The zero-order chi connectivity index (χ0) is 8.01. The third kappa shape index (κ3) is 1.21. The number of halogens is 1. The monoisotopic (exact) mass is 191 g/mol. The Morgan fingerprint density at radius 2 is 1.92 bits per heavy atom. The second-order valence-corrected chi connectivity index (χ2v) is 3.77. The summed E-state index contributed by atoms with van der Waals surface area (Å²) in [6.07, 6.45) is 3.28. The van der Waals surface area contributed by atoms with Crippen molar-refractivity contribution in [2.75, 3.05) is 0 Å². The number of hydrogen-bond donors (Lipinski definition) is 2. The van der Waals surface area contributed by atoms with Crippen LogP contribution in [0.5, 0.6) is 0 Å². The summed E-state index contributed by atoms with van der Waals surface area (Å²) in [6.45, 7) is 0. The number of carboxylic acids is 1. The van der Waals surface area contributed by atoms with Crippen LogP contribution >= 0.6 is 12.4 Å². The minimum atomic E-state index is -0.690. The molecule has 2 saturated carbocycles. The topological polar surface area (TPSA) is 63.3 Å². The highest BCUT2D eigenvalue weighted by Gasteiger charge is 2.49. The molecule has 2 aliphatic rings. The number of rotatable bonds is 1. The first-order valence-electron chi connectivity index (χ1n) is 4.18. The fraction of sp³-hybridized carbons (Fsp3) is 0.875. The summed E-state index contributed by atoms with van der Waals surface area (Å²) in [4.78, 5) is 10.7. The van der Waals surface area contributed by atoms with Crippen LogP contribution in [0.1, 0.15) is 19.3 Å². The first-order valence-corrected chi connectivity index (χ1v) is 4.18. The van der Waals surface area contributed by atoms with Gasteiger partial charge < -0.3 is 10.8 Å². The van der Waals surface area contributed by atoms with Crippen molar-refractivity contribution >= 4 is 18.4 Å². The summed E-state index contributed by atoms with van der Waals surface area (Å²) in [5.41, 5.74) is 5.78. The lowest BCUT2D eigenvalue weighted by Gasteiger charge is -2.23. The smallest absolute Gasteiger partial charge is 0.308 e. The van der Waals surface area contributed by atoms with Gasteiger partial charge in [0.2, 0.25) is 0 Å². The van der Waals surface area contributed by atoms with Crippen LogP contribution in [-0.4, -0.2) is 17.1 Å². The van der Waals surface area contributed by atoms with Crippen molar-refractivity contribution < 1.29 is 9.90 Å². The molecule has 0 spiro atoms. The molecular weight excluding hydrogens is 178 g/mol. The van der Waals surface area contributed by atoms with Gasteiger partial charge in [0.25, 0.3) is 0 Å². The Balaban J connectivity index is 0.000000720. The average Bonchev–Trinajstić information content (AvgIpc) is 2.44. The van der Waals surface area contributed by atoms with Crippen LogP contribution in [0.15, 0.2) is 0 Å². The van der Waals surface area contributed by atoms with Gasteiger partial charge in [0.15, 0.2) is 0 Å². The predicted molar refractivity (Wildman–Crippen MR) is 47.2 cm³/mol. The Hall–Kier alpha value is -0.280. The zero-order valence-corrected chi connectivity index (χ0v) is 7.59. The first kappa shape index (κ1) is 9.81. The third-order valence-corrected chi connectivity index (χ3v) is 3.27. The van der Waals surface area contributed by atoms with Crippen molar-refractivity contribution in [3.05, 3.63) is 0 Å². The van der Waals surface area contributed by atoms with E-state index in [0.717, 1.165) is 19.3 Å². The molecule has 0 aromatic heterocycles. The van der Waals surface area contributed by atoms with Crippen LogP contribution in [0.2, 0.25) is 0 Å². The summed E-state index contributed by atoms with van der Waals surface area (Å²) in [5, 5.41) is 8.83. The molecule has 0 saturated heterocycles. The molecule has 2 bridgehead atoms. The van der Waals surface area contributed by atoms with Gasteiger partial charge in [-0.1, -0.05) is 0 Å². The van der Waals surface area contributed by atoms with E-state index in [4.69, 9.17) is 10.8 Å². The van der Waals surface area contributed by atoms with E-state index in [1.54, 1.807) is 0 Å². The Bertz CT molecular complexity index is 195. The number of carbonyl (C=O) groups is 1. The molecule has 0 aromatic carbocycles. The maximum absolute atomic E-state index is 10.7. The zero-order valence-electron chi connectivity index (χ0n) is 6.77. The fourth-order valence-electron chi connectivity index (χ4n) is 2.70. The van der Waals surface area contributed by atoms with E-state index in [1.807, 2.05) is 0 Å². The van der Waals surface area contributed by atoms with Crippen molar-refractivity contribution in [1.29, 1.82) is 0 Å². The lowest BCUT2D eigenvalue weighted by atomic mass is 9.85. The second kappa shape index (κ2) is 3.23. The van der Waals surface area contributed by atoms with E-state index in [0.29, 0.717) is 11.8 Å². The van der Waals surface area contributed by atoms with Gasteiger partial charge in [-0.05, 0) is 31.1 Å². The third-order valence-electron chi connectivity index (χ3n) is 3.27. The molecule has 2 fully saturated rings. The number of aliphatic carboxylic acids is 1. The summed E-state index contributed by atoms with van der Waals surface area (Å²) in [5.74, 6) is -0.0490. The van der Waals surface area contributed by atoms with Crippen molar-refractivity contribution in [2.24, 2.45) is 23.5 Å². The molecular formula is C8H14ClNO2. The van der Waals surface area contributed by atoms with Gasteiger partial charge in [-0.2, -0.15) is 0 Å². The lowest BCUT2D eigenvalue weighted by molar-refractivity contribution is -0.144. The van der Waals surface area contributed by atoms with E-state index in [1.165, 1.54) is 0 Å². The fourth-order valence-corrected chi connectivity index (χ4v) is 2.70. The van der Waals surface area contributed by atoms with Crippen LogP contribution in [0.3, 0.4) is 0 Å². The molecule has 4 heteroatoms. The highest BCUT2D eigenvalue weighted by atomic mass is 35.5. The van der Waals surface area contributed by atoms with Gasteiger partial charge in [0.1, 0.15) is 0 Å². The maximum atomic E-state index is 10.7. The molecule has 3 nitrogen and oxygen atoms in total. The van der Waals surface area contributed by atoms with Gasteiger partial charge in [-0.15, -0.1) is 12.4 Å². The molecule has 2 unspecified atom stereocenters. The Morgan fingerprint density at radius 3 is 2.25 bits per heavy atom. The standard InChI is InChI=1S/C8H13NO2.ClH/c9-7-5-2-1-4(3-5)6(7)8(10)11;/h4-7H,1-3,9H2,(H,10,11);1H/t4-,5+,6?,7?;/m0./s1. The Labute approximate surface area is 77.7 Å². The summed E-state index contributed by atoms with van der Waals surface area (Å²) < 4.78 is 0. The summed E-state index contributed by atoms with van der Waals surface area (Å²) in [6, 6.07) is -0.0637. The van der Waals surface area contributed by atoms with Gasteiger partial charge in [0, 0.05) is 6.04 Å². The van der Waals surface area contributed by atoms with Crippen molar-refractivity contribution in [3.63, 3.8) is 0 Å². The molecule has 70 valence electrons. The van der Waals surface area contributed by atoms with Crippen molar-refractivity contribution in [2.45, 2.75) is 25.3 Å². The van der Waals surface area contributed by atoms with Gasteiger partial charge in [-0.25, -0.2) is 0 Å². The van der Waals surface area contributed by atoms with Crippen LogP contribution in [0.25, 0.3) is 0 Å². The molecule has 0 aliphatic heterocycles. The van der Waals surface area contributed by atoms with E-state index in [-0.39, 0.29) is 24.4 Å². The van der Waals surface area contributed by atoms with E-state index in [2.05, 4.69) is 0 Å². The Kier molecular flexibility index (Phi) is 2.64. The normalized spacial score (nSPS) is 44.1. The van der Waals surface area contributed by atoms with Crippen LogP contribution in [0, 0.1) is 17.8 Å². The van der Waals surface area contributed by atoms with E-state index in [9.17, 15) is 4.79 Å². The minimum absolute atomic E-state index is 0. The van der Waals surface area contributed by atoms with E-state index >= 15 is 0 Å². The molecule has 0 radical (unpaired) electrons. The SMILES string of the molecule is Cl.NC1C(C(=O)O)[C@H]2CC[C@@H]1C2. The lowest BCUT2D eigenvalue weighted by Crippen LogP contribution is -2.40. The summed E-state index contributed by atoms with van der Waals surface area (Å²) in [7, 11) is 0. The predicted octanol–water partition coefficient (Wildman–Crippen LogP) is 0.866. The molecule has 2 aliphatic carbocycles. The number of carboxylic acid groups (broad SMARTS) is 1. The highest BCUT2D eigenvalue weighted by Crippen LogP contribution is 2.47. The van der Waals surface area contributed by atoms with Gasteiger partial charge >= 0.3 is 5.97 Å². The quantitative estimate of drug-likeness (QED) is 0.647. The highest BCUT2D eigenvalue weighted by molar-refractivity contribution is 5.85. The molecule has 0 aromatic rings. The molecule has 2 rings (SSSR count). The Morgan fingerprint density at radius 1 is 1.33 bits per heavy atom. The molecule has 0 heterocycles. The van der Waals surface area contributed by atoms with Crippen molar-refractivity contribution in [3.8, 4) is 0 Å². The second-order valence-electron chi connectivity index (χ2n) is 3.77. The van der Waals surface area contributed by atoms with Gasteiger partial charge in [0.05, 0.1) is 5.92 Å². The van der Waals surface area contributed by atoms with Crippen molar-refractivity contribution in [1.82, 2.24) is 0 Å². The van der Waals surface area contributed by atoms with Crippen LogP contribution < -0.4 is 5.73 Å². The van der Waals surface area contributed by atoms with Crippen LogP contribution in [-0.2, 0) is 4.79 Å². The van der Waals surface area contributed by atoms with E-state index < -0.39 is 5.97 Å². The number of hydrogen-bond acceptors (Lipinski definition) is 2. The van der Waals surface area contributed by atoms with Gasteiger partial charge in [-0.3, -0.25) is 4.79 Å². The summed E-state index contributed by atoms with van der Waals surface area (Å²) >= 11 is 0. The molecule has 3 N–H and O–H groups in total. The number of nitrogens with two attached hydrogens (primary N) is 1. The number of fused-ring (bicyclic) bond motifs is 2. The average molecular weight is 192 g/mol. The maximum Gasteiger partial charge on any atom is 0.308 e. The molecule has 0 amide bonds. The minimum Gasteiger partial charge on any atom is -0.481 e. The first-order chi connectivity index (χ1) is 5.20. The van der Waals surface area contributed by atoms with Crippen LogP contribution in [0.4, 0.5) is 0 Å². The molecule has 4 atom stereocenters.